The maximum atomic E-state index is 12.4. The van der Waals surface area contributed by atoms with Crippen LogP contribution in [0, 0.1) is 5.92 Å². The topological polar surface area (TPSA) is 110 Å². The Labute approximate surface area is 143 Å². The van der Waals surface area contributed by atoms with Crippen molar-refractivity contribution in [2.24, 2.45) is 17.4 Å². The molecule has 2 atom stereocenters. The van der Waals surface area contributed by atoms with Crippen molar-refractivity contribution >= 4 is 36.1 Å². The number of carbonyl (C=O) groups excluding carboxylic acids is 2. The lowest BCUT2D eigenvalue weighted by Crippen LogP contribution is -2.54. The summed E-state index contributed by atoms with van der Waals surface area (Å²) in [5.41, 5.74) is 11.0. The Morgan fingerprint density at radius 2 is 1.86 bits per heavy atom. The minimum absolute atomic E-state index is 0. The second-order valence-electron chi connectivity index (χ2n) is 5.59. The zero-order valence-corrected chi connectivity index (χ0v) is 14.8. The quantitative estimate of drug-likeness (QED) is 0.526. The minimum atomic E-state index is -0.668. The average molecular weight is 353 g/mol. The molecular weight excluding hydrogens is 324 g/mol. The van der Waals surface area contributed by atoms with Gasteiger partial charge in [-0.15, -0.1) is 12.4 Å². The van der Waals surface area contributed by atoms with E-state index in [1.165, 1.54) is 19.3 Å². The Morgan fingerprint density at radius 3 is 2.36 bits per heavy atom. The van der Waals surface area contributed by atoms with Gasteiger partial charge in [-0.25, -0.2) is 4.79 Å². The van der Waals surface area contributed by atoms with E-state index in [4.69, 9.17) is 11.5 Å². The lowest BCUT2D eigenvalue weighted by atomic mass is 9.84. The van der Waals surface area contributed by atoms with Gasteiger partial charge in [0.15, 0.2) is 0 Å². The largest absolute Gasteiger partial charge is 0.352 e. The van der Waals surface area contributed by atoms with Crippen LogP contribution in [-0.4, -0.2) is 42.6 Å². The van der Waals surface area contributed by atoms with Gasteiger partial charge in [0, 0.05) is 12.6 Å². The molecule has 1 rings (SSSR count). The summed E-state index contributed by atoms with van der Waals surface area (Å²) in [6, 6.07) is -1.25. The van der Waals surface area contributed by atoms with Crippen LogP contribution in [-0.2, 0) is 4.79 Å². The van der Waals surface area contributed by atoms with E-state index in [1.54, 1.807) is 11.8 Å². The number of primary amides is 1. The van der Waals surface area contributed by atoms with E-state index in [9.17, 15) is 9.59 Å². The second-order valence-corrected chi connectivity index (χ2v) is 6.58. The van der Waals surface area contributed by atoms with Gasteiger partial charge in [0.05, 0.1) is 0 Å². The first-order valence-corrected chi connectivity index (χ1v) is 9.03. The van der Waals surface area contributed by atoms with Crippen LogP contribution in [0.15, 0.2) is 0 Å². The number of hydrogen-bond acceptors (Lipinski definition) is 4. The van der Waals surface area contributed by atoms with E-state index >= 15 is 0 Å². The first-order chi connectivity index (χ1) is 10.1. The predicted molar refractivity (Wildman–Crippen MR) is 94.3 cm³/mol. The van der Waals surface area contributed by atoms with E-state index in [1.807, 2.05) is 6.26 Å². The van der Waals surface area contributed by atoms with Crippen molar-refractivity contribution in [3.8, 4) is 0 Å². The summed E-state index contributed by atoms with van der Waals surface area (Å²) in [4.78, 5) is 23.4. The Hall–Kier alpha value is -0.660. The van der Waals surface area contributed by atoms with Crippen molar-refractivity contribution in [1.29, 1.82) is 0 Å². The highest BCUT2D eigenvalue weighted by atomic mass is 35.5. The molecule has 3 amide bonds. The van der Waals surface area contributed by atoms with Crippen molar-refractivity contribution in [2.45, 2.75) is 50.6 Å². The summed E-state index contributed by atoms with van der Waals surface area (Å²) in [5, 5.41) is 5.53. The number of nitrogens with two attached hydrogens (primary N) is 2. The Morgan fingerprint density at radius 1 is 1.23 bits per heavy atom. The van der Waals surface area contributed by atoms with Crippen molar-refractivity contribution in [3.63, 3.8) is 0 Å². The first-order valence-electron chi connectivity index (χ1n) is 7.63. The third kappa shape index (κ3) is 7.56. The van der Waals surface area contributed by atoms with Crippen molar-refractivity contribution in [3.05, 3.63) is 0 Å². The van der Waals surface area contributed by atoms with Gasteiger partial charge in [0.1, 0.15) is 6.04 Å². The molecule has 0 saturated heterocycles. The van der Waals surface area contributed by atoms with Crippen LogP contribution < -0.4 is 22.1 Å². The van der Waals surface area contributed by atoms with Crippen LogP contribution in [0.5, 0.6) is 0 Å². The number of rotatable bonds is 8. The van der Waals surface area contributed by atoms with E-state index < -0.39 is 12.1 Å². The molecular formula is C14H29ClN4O2S. The summed E-state index contributed by atoms with van der Waals surface area (Å²) < 4.78 is 0. The lowest BCUT2D eigenvalue weighted by molar-refractivity contribution is -0.124. The van der Waals surface area contributed by atoms with Crippen LogP contribution >= 0.6 is 24.2 Å². The Bertz CT molecular complexity index is 341. The molecule has 0 aromatic rings. The number of nitrogens with one attached hydrogen (secondary N) is 2. The van der Waals surface area contributed by atoms with Crippen LogP contribution in [0.4, 0.5) is 4.79 Å². The summed E-state index contributed by atoms with van der Waals surface area (Å²) >= 11 is 1.63. The molecule has 0 radical (unpaired) electrons. The summed E-state index contributed by atoms with van der Waals surface area (Å²) in [6.45, 7) is 0.433. The fourth-order valence-corrected chi connectivity index (χ4v) is 3.34. The highest BCUT2D eigenvalue weighted by Crippen LogP contribution is 2.26. The van der Waals surface area contributed by atoms with Crippen LogP contribution in [0.25, 0.3) is 0 Å². The van der Waals surface area contributed by atoms with Crippen LogP contribution in [0.1, 0.15) is 38.5 Å². The molecule has 0 aromatic carbocycles. The van der Waals surface area contributed by atoms with E-state index in [2.05, 4.69) is 10.6 Å². The van der Waals surface area contributed by atoms with Gasteiger partial charge in [-0.2, -0.15) is 11.8 Å². The number of thioether (sulfide) groups is 1. The summed E-state index contributed by atoms with van der Waals surface area (Å²) in [5.74, 6) is 1.06. The fraction of sp³-hybridized carbons (Fsp3) is 0.857. The van der Waals surface area contributed by atoms with Gasteiger partial charge in [-0.1, -0.05) is 19.3 Å². The fourth-order valence-electron chi connectivity index (χ4n) is 2.87. The summed E-state index contributed by atoms with van der Waals surface area (Å²) in [6.07, 6.45) is 8.42. The number of halogens is 1. The average Bonchev–Trinajstić information content (AvgIpc) is 2.49. The Balaban J connectivity index is 0.00000441. The zero-order valence-electron chi connectivity index (χ0n) is 13.2. The van der Waals surface area contributed by atoms with Gasteiger partial charge >= 0.3 is 6.03 Å². The molecule has 0 heterocycles. The van der Waals surface area contributed by atoms with Gasteiger partial charge in [0.25, 0.3) is 0 Å². The zero-order chi connectivity index (χ0) is 15.7. The number of amides is 3. The van der Waals surface area contributed by atoms with Crippen molar-refractivity contribution in [1.82, 2.24) is 10.6 Å². The molecule has 8 heteroatoms. The van der Waals surface area contributed by atoms with Crippen LogP contribution in [0.3, 0.4) is 0 Å². The Kier molecular flexibility index (Phi) is 11.5. The molecule has 2 unspecified atom stereocenters. The molecule has 0 spiro atoms. The third-order valence-corrected chi connectivity index (χ3v) is 4.69. The monoisotopic (exact) mass is 352 g/mol. The standard InChI is InChI=1S/C14H28N4O2S.ClH/c1-21-8-7-11(18-14(16)20)13(19)17-12(9-15)10-5-3-2-4-6-10;/h10-12H,2-9,15H2,1H3,(H,17,19)(H3,16,18,20);1H. The van der Waals surface area contributed by atoms with E-state index in [0.29, 0.717) is 18.9 Å². The van der Waals surface area contributed by atoms with Crippen LogP contribution in [0.2, 0.25) is 0 Å². The molecule has 1 saturated carbocycles. The van der Waals surface area contributed by atoms with Gasteiger partial charge in [-0.05, 0) is 37.2 Å². The first kappa shape index (κ1) is 21.3. The lowest BCUT2D eigenvalue weighted by Gasteiger charge is -2.31. The highest BCUT2D eigenvalue weighted by Gasteiger charge is 2.27. The second kappa shape index (κ2) is 11.8. The SMILES string of the molecule is CSCCC(NC(N)=O)C(=O)NC(CN)C1CCCCC1.Cl. The highest BCUT2D eigenvalue weighted by molar-refractivity contribution is 7.98. The summed E-state index contributed by atoms with van der Waals surface area (Å²) in [7, 11) is 0. The predicted octanol–water partition coefficient (Wildman–Crippen LogP) is 1.22. The molecule has 6 N–H and O–H groups in total. The molecule has 0 bridgehead atoms. The molecule has 1 fully saturated rings. The minimum Gasteiger partial charge on any atom is -0.352 e. The maximum Gasteiger partial charge on any atom is 0.312 e. The molecule has 1 aliphatic rings. The molecule has 1 aliphatic carbocycles. The van der Waals surface area contributed by atoms with Gasteiger partial charge in [0.2, 0.25) is 5.91 Å². The molecule has 22 heavy (non-hydrogen) atoms. The molecule has 0 aromatic heterocycles. The molecule has 130 valence electrons. The van der Waals surface area contributed by atoms with Crippen molar-refractivity contribution in [2.75, 3.05) is 18.6 Å². The number of urea groups is 1. The van der Waals surface area contributed by atoms with Crippen molar-refractivity contribution < 1.29 is 9.59 Å². The number of hydrogen-bond donors (Lipinski definition) is 4. The van der Waals surface area contributed by atoms with Gasteiger partial charge < -0.3 is 22.1 Å². The molecule has 0 aliphatic heterocycles. The third-order valence-electron chi connectivity index (χ3n) is 4.04. The normalized spacial score (nSPS) is 17.9. The van der Waals surface area contributed by atoms with E-state index in [0.717, 1.165) is 18.6 Å². The van der Waals surface area contributed by atoms with E-state index in [-0.39, 0.29) is 24.4 Å². The smallest absolute Gasteiger partial charge is 0.312 e. The number of carbonyl (C=O) groups is 2. The maximum absolute atomic E-state index is 12.4. The van der Waals surface area contributed by atoms with Gasteiger partial charge in [-0.3, -0.25) is 4.79 Å². The molecule has 6 nitrogen and oxygen atoms in total.